The number of aliphatic hydroxyl groups excluding tert-OH is 1. The predicted molar refractivity (Wildman–Crippen MR) is 77.8 cm³/mol. The first-order valence-corrected chi connectivity index (χ1v) is 6.65. The Morgan fingerprint density at radius 2 is 1.95 bits per heavy atom. The second kappa shape index (κ2) is 6.86. The van der Waals surface area contributed by atoms with E-state index in [9.17, 15) is 0 Å². The van der Waals surface area contributed by atoms with E-state index in [0.29, 0.717) is 18.4 Å². The van der Waals surface area contributed by atoms with Crippen molar-refractivity contribution in [1.29, 1.82) is 0 Å². The van der Waals surface area contributed by atoms with E-state index in [1.165, 1.54) is 0 Å². The Morgan fingerprint density at radius 3 is 2.53 bits per heavy atom. The van der Waals surface area contributed by atoms with Crippen molar-refractivity contribution < 1.29 is 5.11 Å². The summed E-state index contributed by atoms with van der Waals surface area (Å²) < 4.78 is 0. The van der Waals surface area contributed by atoms with E-state index in [0.717, 1.165) is 12.8 Å². The Hall–Kier alpha value is -1.14. The minimum atomic E-state index is 0.0557. The van der Waals surface area contributed by atoms with Gasteiger partial charge in [-0.3, -0.25) is 0 Å². The van der Waals surface area contributed by atoms with Crippen molar-refractivity contribution >= 4 is 23.5 Å². The molecule has 1 heterocycles. The minimum absolute atomic E-state index is 0.0557. The van der Waals surface area contributed by atoms with Crippen LogP contribution in [0.15, 0.2) is 0 Å². The van der Waals surface area contributed by atoms with Gasteiger partial charge in [0.05, 0.1) is 0 Å². The highest BCUT2D eigenvalue weighted by atomic mass is 35.5. The molecule has 1 rings (SSSR count). The van der Waals surface area contributed by atoms with Crippen LogP contribution in [0.5, 0.6) is 0 Å². The first-order chi connectivity index (χ1) is 8.84. The van der Waals surface area contributed by atoms with Crippen LogP contribution in [0, 0.1) is 5.41 Å². The highest BCUT2D eigenvalue weighted by molar-refractivity contribution is 6.28. The quantitative estimate of drug-likeness (QED) is 0.797. The van der Waals surface area contributed by atoms with Crippen molar-refractivity contribution in [2.75, 3.05) is 37.5 Å². The number of rotatable bonds is 7. The van der Waals surface area contributed by atoms with Gasteiger partial charge in [-0.2, -0.15) is 15.0 Å². The first-order valence-electron chi connectivity index (χ1n) is 6.28. The van der Waals surface area contributed by atoms with Crippen molar-refractivity contribution in [3.8, 4) is 0 Å². The molecule has 0 amide bonds. The summed E-state index contributed by atoms with van der Waals surface area (Å²) in [5.74, 6) is 0.997. The van der Waals surface area contributed by atoms with Gasteiger partial charge in [-0.1, -0.05) is 13.8 Å². The average molecular weight is 288 g/mol. The van der Waals surface area contributed by atoms with Gasteiger partial charge in [0.2, 0.25) is 17.2 Å². The van der Waals surface area contributed by atoms with Crippen LogP contribution in [0.3, 0.4) is 0 Å². The molecule has 1 aromatic rings. The van der Waals surface area contributed by atoms with Crippen molar-refractivity contribution in [3.63, 3.8) is 0 Å². The van der Waals surface area contributed by atoms with Crippen LogP contribution >= 0.6 is 11.6 Å². The SMILES string of the molecule is CN(C)c1nc(Cl)nc(NCC(C)(C)CCCO)n1. The minimum Gasteiger partial charge on any atom is -0.396 e. The highest BCUT2D eigenvalue weighted by Gasteiger charge is 2.18. The largest absolute Gasteiger partial charge is 0.396 e. The molecule has 0 aliphatic carbocycles. The highest BCUT2D eigenvalue weighted by Crippen LogP contribution is 2.22. The molecule has 0 fully saturated rings. The summed E-state index contributed by atoms with van der Waals surface area (Å²) in [5, 5.41) is 12.2. The molecule has 2 N–H and O–H groups in total. The fourth-order valence-corrected chi connectivity index (χ4v) is 1.74. The van der Waals surface area contributed by atoms with Gasteiger partial charge in [-0.15, -0.1) is 0 Å². The molecule has 0 aliphatic rings. The van der Waals surface area contributed by atoms with Gasteiger partial charge < -0.3 is 15.3 Å². The summed E-state index contributed by atoms with van der Waals surface area (Å²) in [6.45, 7) is 5.18. The van der Waals surface area contributed by atoms with E-state index in [1.807, 2.05) is 14.1 Å². The standard InChI is InChI=1S/C12H22ClN5O/c1-12(2,6-5-7-19)8-14-10-15-9(13)16-11(17-10)18(3)4/h19H,5-8H2,1-4H3,(H,14,15,16,17). The van der Waals surface area contributed by atoms with E-state index >= 15 is 0 Å². The van der Waals surface area contributed by atoms with Crippen molar-refractivity contribution in [3.05, 3.63) is 5.28 Å². The number of aliphatic hydroxyl groups is 1. The maximum atomic E-state index is 8.87. The number of nitrogens with one attached hydrogen (secondary N) is 1. The van der Waals surface area contributed by atoms with Gasteiger partial charge in [-0.25, -0.2) is 0 Å². The molecule has 6 nitrogen and oxygen atoms in total. The summed E-state index contributed by atoms with van der Waals surface area (Å²) in [4.78, 5) is 14.1. The van der Waals surface area contributed by atoms with Gasteiger partial charge in [0.15, 0.2) is 0 Å². The summed E-state index contributed by atoms with van der Waals surface area (Å²) in [7, 11) is 3.70. The summed E-state index contributed by atoms with van der Waals surface area (Å²) >= 11 is 5.87. The van der Waals surface area contributed by atoms with E-state index in [1.54, 1.807) is 4.90 Å². The van der Waals surface area contributed by atoms with E-state index in [2.05, 4.69) is 34.1 Å². The number of aromatic nitrogens is 3. The number of nitrogens with zero attached hydrogens (tertiary/aromatic N) is 4. The topological polar surface area (TPSA) is 74.2 Å². The van der Waals surface area contributed by atoms with Crippen LogP contribution in [0.1, 0.15) is 26.7 Å². The van der Waals surface area contributed by atoms with Gasteiger partial charge in [-0.05, 0) is 29.9 Å². The number of hydrogen-bond donors (Lipinski definition) is 2. The Bertz CT molecular complexity index is 411. The fraction of sp³-hybridized carbons (Fsp3) is 0.750. The molecule has 108 valence electrons. The van der Waals surface area contributed by atoms with E-state index in [4.69, 9.17) is 16.7 Å². The zero-order valence-electron chi connectivity index (χ0n) is 11.9. The van der Waals surface area contributed by atoms with Crippen LogP contribution in [0.25, 0.3) is 0 Å². The molecule has 0 unspecified atom stereocenters. The number of hydrogen-bond acceptors (Lipinski definition) is 6. The van der Waals surface area contributed by atoms with E-state index in [-0.39, 0.29) is 17.3 Å². The van der Waals surface area contributed by atoms with Crippen LogP contribution < -0.4 is 10.2 Å². The Balaban J connectivity index is 2.67. The third-order valence-electron chi connectivity index (χ3n) is 2.73. The molecule has 0 radical (unpaired) electrons. The molecule has 0 saturated carbocycles. The Kier molecular flexibility index (Phi) is 5.75. The lowest BCUT2D eigenvalue weighted by molar-refractivity contribution is 0.247. The summed E-state index contributed by atoms with van der Waals surface area (Å²) in [6, 6.07) is 0. The normalized spacial score (nSPS) is 11.5. The molecule has 0 spiro atoms. The maximum Gasteiger partial charge on any atom is 0.230 e. The lowest BCUT2D eigenvalue weighted by atomic mass is 9.88. The monoisotopic (exact) mass is 287 g/mol. The van der Waals surface area contributed by atoms with Gasteiger partial charge in [0.25, 0.3) is 0 Å². The molecule has 19 heavy (non-hydrogen) atoms. The van der Waals surface area contributed by atoms with E-state index < -0.39 is 0 Å². The van der Waals surface area contributed by atoms with Crippen molar-refractivity contribution in [2.24, 2.45) is 5.41 Å². The third-order valence-corrected chi connectivity index (χ3v) is 2.90. The van der Waals surface area contributed by atoms with Crippen LogP contribution in [0.4, 0.5) is 11.9 Å². The zero-order chi connectivity index (χ0) is 14.5. The van der Waals surface area contributed by atoms with Crippen molar-refractivity contribution in [1.82, 2.24) is 15.0 Å². The fourth-order valence-electron chi connectivity index (χ4n) is 1.58. The van der Waals surface area contributed by atoms with Crippen LogP contribution in [-0.4, -0.2) is 47.3 Å². The zero-order valence-corrected chi connectivity index (χ0v) is 12.7. The second-order valence-electron chi connectivity index (χ2n) is 5.47. The maximum absolute atomic E-state index is 8.87. The molecule has 0 aliphatic heterocycles. The number of halogens is 1. The smallest absolute Gasteiger partial charge is 0.230 e. The second-order valence-corrected chi connectivity index (χ2v) is 5.81. The molecule has 0 atom stereocenters. The van der Waals surface area contributed by atoms with Crippen LogP contribution in [-0.2, 0) is 0 Å². The molecular formula is C12H22ClN5O. The lowest BCUT2D eigenvalue weighted by Gasteiger charge is -2.24. The van der Waals surface area contributed by atoms with Crippen molar-refractivity contribution in [2.45, 2.75) is 26.7 Å². The molecular weight excluding hydrogens is 266 g/mol. The Labute approximate surface area is 119 Å². The summed E-state index contributed by atoms with van der Waals surface area (Å²) in [5.41, 5.74) is 0.0557. The summed E-state index contributed by atoms with van der Waals surface area (Å²) in [6.07, 6.45) is 1.71. The molecule has 7 heteroatoms. The first kappa shape index (κ1) is 15.9. The number of anilines is 2. The molecule has 1 aromatic heterocycles. The molecule has 0 saturated heterocycles. The average Bonchev–Trinajstić information content (AvgIpc) is 2.33. The van der Waals surface area contributed by atoms with Crippen LogP contribution in [0.2, 0.25) is 5.28 Å². The molecule has 0 bridgehead atoms. The predicted octanol–water partition coefficient (Wildman–Crippen LogP) is 1.80. The Morgan fingerprint density at radius 1 is 1.26 bits per heavy atom. The van der Waals surface area contributed by atoms with Gasteiger partial charge in [0, 0.05) is 27.2 Å². The van der Waals surface area contributed by atoms with Gasteiger partial charge in [0.1, 0.15) is 0 Å². The van der Waals surface area contributed by atoms with Gasteiger partial charge >= 0.3 is 0 Å². The third kappa shape index (κ3) is 5.57. The lowest BCUT2D eigenvalue weighted by Crippen LogP contribution is -2.25. The molecule has 0 aromatic carbocycles.